The zero-order valence-corrected chi connectivity index (χ0v) is 12.2. The van der Waals surface area contributed by atoms with Gasteiger partial charge in [-0.3, -0.25) is 0 Å². The van der Waals surface area contributed by atoms with E-state index in [1.54, 1.807) is 0 Å². The van der Waals surface area contributed by atoms with Crippen molar-refractivity contribution in [3.63, 3.8) is 0 Å². The van der Waals surface area contributed by atoms with E-state index in [4.69, 9.17) is 4.74 Å². The fourth-order valence-electron chi connectivity index (χ4n) is 2.67. The third-order valence-corrected chi connectivity index (χ3v) is 3.76. The van der Waals surface area contributed by atoms with Crippen LogP contribution in [0, 0.1) is 0 Å². The van der Waals surface area contributed by atoms with Gasteiger partial charge in [0.15, 0.2) is 0 Å². The molecule has 0 aliphatic carbocycles. The van der Waals surface area contributed by atoms with E-state index in [0.29, 0.717) is 6.04 Å². The van der Waals surface area contributed by atoms with Gasteiger partial charge in [0.1, 0.15) is 11.5 Å². The second kappa shape index (κ2) is 7.14. The normalized spacial score (nSPS) is 18.8. The van der Waals surface area contributed by atoms with Gasteiger partial charge in [-0.25, -0.2) is 0 Å². The van der Waals surface area contributed by atoms with Gasteiger partial charge in [0.25, 0.3) is 0 Å². The van der Waals surface area contributed by atoms with Gasteiger partial charge in [0, 0.05) is 17.8 Å². The Bertz CT molecular complexity index is 548. The maximum Gasteiger partial charge on any atom is 0.129 e. The second-order valence-electron chi connectivity index (χ2n) is 5.47. The van der Waals surface area contributed by atoms with Crippen molar-refractivity contribution in [2.75, 3.05) is 18.4 Å². The molecule has 0 spiro atoms. The molecule has 0 saturated carbocycles. The van der Waals surface area contributed by atoms with Crippen LogP contribution in [-0.4, -0.2) is 19.1 Å². The average Bonchev–Trinajstić information content (AvgIpc) is 2.77. The molecule has 2 aromatic rings. The molecule has 0 radical (unpaired) electrons. The molecule has 3 heteroatoms. The van der Waals surface area contributed by atoms with Gasteiger partial charge in [-0.2, -0.15) is 0 Å². The van der Waals surface area contributed by atoms with E-state index in [1.807, 2.05) is 42.5 Å². The van der Waals surface area contributed by atoms with Gasteiger partial charge in [0.05, 0.1) is 0 Å². The molecule has 1 saturated heterocycles. The molecule has 1 aliphatic rings. The topological polar surface area (TPSA) is 33.3 Å². The standard InChI is InChI=1S/C18H22N2O/c1-2-8-17(9-3-1)21-18-10-4-6-16(14-18)20-15-7-5-12-19-13-11-15/h1-4,6,8-10,14-15,19-20H,5,7,11-13H2. The Kier molecular flexibility index (Phi) is 4.74. The van der Waals surface area contributed by atoms with E-state index >= 15 is 0 Å². The highest BCUT2D eigenvalue weighted by Gasteiger charge is 2.11. The van der Waals surface area contributed by atoms with E-state index < -0.39 is 0 Å². The molecule has 0 bridgehead atoms. The minimum atomic E-state index is 0.548. The minimum absolute atomic E-state index is 0.548. The van der Waals surface area contributed by atoms with Crippen molar-refractivity contribution in [1.29, 1.82) is 0 Å². The highest BCUT2D eigenvalue weighted by Crippen LogP contribution is 2.25. The fourth-order valence-corrected chi connectivity index (χ4v) is 2.67. The van der Waals surface area contributed by atoms with Crippen LogP contribution >= 0.6 is 0 Å². The number of benzene rings is 2. The number of hydrogen-bond donors (Lipinski definition) is 2. The lowest BCUT2D eigenvalue weighted by atomic mass is 10.1. The summed E-state index contributed by atoms with van der Waals surface area (Å²) in [6.45, 7) is 2.23. The lowest BCUT2D eigenvalue weighted by molar-refractivity contribution is 0.483. The summed E-state index contributed by atoms with van der Waals surface area (Å²) in [5, 5.41) is 7.07. The highest BCUT2D eigenvalue weighted by molar-refractivity contribution is 5.49. The molecule has 0 amide bonds. The van der Waals surface area contributed by atoms with E-state index in [0.717, 1.165) is 30.3 Å². The SMILES string of the molecule is c1ccc(Oc2cccc(NC3CCCNCC3)c2)cc1. The molecule has 3 rings (SSSR count). The minimum Gasteiger partial charge on any atom is -0.457 e. The van der Waals surface area contributed by atoms with Crippen LogP contribution in [0.15, 0.2) is 54.6 Å². The number of para-hydroxylation sites is 1. The summed E-state index contributed by atoms with van der Waals surface area (Å²) in [4.78, 5) is 0. The molecule has 110 valence electrons. The first kappa shape index (κ1) is 14.0. The van der Waals surface area contributed by atoms with Gasteiger partial charge in [-0.1, -0.05) is 24.3 Å². The molecular formula is C18H22N2O. The molecule has 2 aromatic carbocycles. The molecule has 3 nitrogen and oxygen atoms in total. The molecule has 21 heavy (non-hydrogen) atoms. The Morgan fingerprint density at radius 3 is 2.67 bits per heavy atom. The maximum atomic E-state index is 5.88. The van der Waals surface area contributed by atoms with Crippen LogP contribution in [0.3, 0.4) is 0 Å². The molecule has 2 N–H and O–H groups in total. The fraction of sp³-hybridized carbons (Fsp3) is 0.333. The number of anilines is 1. The molecule has 1 aliphatic heterocycles. The first-order valence-electron chi connectivity index (χ1n) is 7.70. The Morgan fingerprint density at radius 2 is 1.76 bits per heavy atom. The van der Waals surface area contributed by atoms with Crippen molar-refractivity contribution in [3.8, 4) is 11.5 Å². The van der Waals surface area contributed by atoms with E-state index in [-0.39, 0.29) is 0 Å². The van der Waals surface area contributed by atoms with Crippen LogP contribution < -0.4 is 15.4 Å². The molecule has 1 heterocycles. The van der Waals surface area contributed by atoms with Gasteiger partial charge in [-0.15, -0.1) is 0 Å². The van der Waals surface area contributed by atoms with Crippen LogP contribution in [0.1, 0.15) is 19.3 Å². The summed E-state index contributed by atoms with van der Waals surface area (Å²) in [5.41, 5.74) is 1.13. The van der Waals surface area contributed by atoms with Crippen LogP contribution in [0.2, 0.25) is 0 Å². The van der Waals surface area contributed by atoms with Gasteiger partial charge in [0.2, 0.25) is 0 Å². The average molecular weight is 282 g/mol. The molecule has 1 unspecified atom stereocenters. The molecule has 1 atom stereocenters. The molecular weight excluding hydrogens is 260 g/mol. The Labute approximate surface area is 126 Å². The Morgan fingerprint density at radius 1 is 0.905 bits per heavy atom. The second-order valence-corrected chi connectivity index (χ2v) is 5.47. The van der Waals surface area contributed by atoms with Crippen LogP contribution in [0.25, 0.3) is 0 Å². The van der Waals surface area contributed by atoms with E-state index in [1.165, 1.54) is 19.3 Å². The van der Waals surface area contributed by atoms with Crippen molar-refractivity contribution in [2.24, 2.45) is 0 Å². The number of nitrogens with one attached hydrogen (secondary N) is 2. The van der Waals surface area contributed by atoms with Crippen molar-refractivity contribution in [1.82, 2.24) is 5.32 Å². The summed E-state index contributed by atoms with van der Waals surface area (Å²) in [7, 11) is 0. The van der Waals surface area contributed by atoms with Gasteiger partial charge >= 0.3 is 0 Å². The zero-order valence-electron chi connectivity index (χ0n) is 12.2. The van der Waals surface area contributed by atoms with E-state index in [2.05, 4.69) is 22.8 Å². The number of rotatable bonds is 4. The summed E-state index contributed by atoms with van der Waals surface area (Å²) >= 11 is 0. The van der Waals surface area contributed by atoms with Crippen LogP contribution in [0.5, 0.6) is 11.5 Å². The monoisotopic (exact) mass is 282 g/mol. The Hall–Kier alpha value is -2.00. The third kappa shape index (κ3) is 4.23. The largest absolute Gasteiger partial charge is 0.457 e. The van der Waals surface area contributed by atoms with Crippen LogP contribution in [0.4, 0.5) is 5.69 Å². The summed E-state index contributed by atoms with van der Waals surface area (Å²) in [5.74, 6) is 1.74. The van der Waals surface area contributed by atoms with Crippen molar-refractivity contribution in [2.45, 2.75) is 25.3 Å². The highest BCUT2D eigenvalue weighted by atomic mass is 16.5. The van der Waals surface area contributed by atoms with Crippen molar-refractivity contribution in [3.05, 3.63) is 54.6 Å². The van der Waals surface area contributed by atoms with Crippen molar-refractivity contribution < 1.29 is 4.74 Å². The first-order valence-corrected chi connectivity index (χ1v) is 7.70. The summed E-state index contributed by atoms with van der Waals surface area (Å²) in [6, 6.07) is 18.7. The third-order valence-electron chi connectivity index (χ3n) is 3.76. The van der Waals surface area contributed by atoms with Crippen molar-refractivity contribution >= 4 is 5.69 Å². The number of ether oxygens (including phenoxy) is 1. The van der Waals surface area contributed by atoms with Gasteiger partial charge < -0.3 is 15.4 Å². The first-order chi connectivity index (χ1) is 10.4. The van der Waals surface area contributed by atoms with Gasteiger partial charge in [-0.05, 0) is 56.6 Å². The predicted octanol–water partition coefficient (Wildman–Crippen LogP) is 4.03. The lowest BCUT2D eigenvalue weighted by Crippen LogP contribution is -2.21. The molecule has 1 fully saturated rings. The number of hydrogen-bond acceptors (Lipinski definition) is 3. The predicted molar refractivity (Wildman–Crippen MR) is 87.1 cm³/mol. The smallest absolute Gasteiger partial charge is 0.129 e. The summed E-state index contributed by atoms with van der Waals surface area (Å²) < 4.78 is 5.88. The lowest BCUT2D eigenvalue weighted by Gasteiger charge is -2.18. The maximum absolute atomic E-state index is 5.88. The summed E-state index contributed by atoms with van der Waals surface area (Å²) in [6.07, 6.45) is 3.62. The quantitative estimate of drug-likeness (QED) is 0.888. The molecule has 0 aromatic heterocycles. The van der Waals surface area contributed by atoms with Crippen LogP contribution in [-0.2, 0) is 0 Å². The zero-order chi connectivity index (χ0) is 14.3. The Balaban J connectivity index is 1.65. The van der Waals surface area contributed by atoms with E-state index in [9.17, 15) is 0 Å².